The van der Waals surface area contributed by atoms with Crippen LogP contribution in [0.1, 0.15) is 30.8 Å². The zero-order valence-corrected chi connectivity index (χ0v) is 8.54. The van der Waals surface area contributed by atoms with Gasteiger partial charge in [0.2, 0.25) is 0 Å². The molecule has 0 radical (unpaired) electrons. The molecule has 0 atom stereocenters. The van der Waals surface area contributed by atoms with Crippen molar-refractivity contribution in [2.24, 2.45) is 0 Å². The van der Waals surface area contributed by atoms with E-state index in [9.17, 15) is 0 Å². The molecule has 2 nitrogen and oxygen atoms in total. The Kier molecular flexibility index (Phi) is 2.08. The Balaban J connectivity index is 2.25. The molecule has 1 aliphatic rings. The van der Waals surface area contributed by atoms with Crippen LogP contribution >= 0.6 is 0 Å². The van der Waals surface area contributed by atoms with E-state index in [1.165, 1.54) is 11.3 Å². The second-order valence-corrected chi connectivity index (χ2v) is 4.06. The van der Waals surface area contributed by atoms with E-state index < -0.39 is 0 Å². The molecule has 0 bridgehead atoms. The number of hydrogen-bond acceptors (Lipinski definition) is 2. The summed E-state index contributed by atoms with van der Waals surface area (Å²) in [5.41, 5.74) is 3.80. The highest BCUT2D eigenvalue weighted by Gasteiger charge is 2.21. The first-order valence-electron chi connectivity index (χ1n) is 4.86. The second-order valence-electron chi connectivity index (χ2n) is 4.06. The van der Waals surface area contributed by atoms with Crippen molar-refractivity contribution in [1.82, 2.24) is 9.88 Å². The van der Waals surface area contributed by atoms with Crippen molar-refractivity contribution in [3.63, 3.8) is 0 Å². The molecule has 1 aliphatic heterocycles. The fourth-order valence-corrected chi connectivity index (χ4v) is 1.75. The van der Waals surface area contributed by atoms with Gasteiger partial charge in [-0.2, -0.15) is 0 Å². The maximum absolute atomic E-state index is 4.54. The molecular formula is C11H16N2. The average molecular weight is 176 g/mol. The third-order valence-corrected chi connectivity index (χ3v) is 2.66. The van der Waals surface area contributed by atoms with Gasteiger partial charge in [0.25, 0.3) is 0 Å². The molecule has 2 heteroatoms. The standard InChI is InChI=1S/C11H16N2/c1-8(2)13-6-10-5-4-9(3)12-11(10)7-13/h4-5,8H,6-7H2,1-3H3. The number of rotatable bonds is 1. The normalized spacial score (nSPS) is 16.6. The number of nitrogens with zero attached hydrogens (tertiary/aromatic N) is 2. The van der Waals surface area contributed by atoms with Crippen LogP contribution in [0.5, 0.6) is 0 Å². The molecule has 1 aromatic heterocycles. The van der Waals surface area contributed by atoms with E-state index >= 15 is 0 Å². The molecule has 1 aromatic rings. The fourth-order valence-electron chi connectivity index (χ4n) is 1.75. The largest absolute Gasteiger partial charge is 0.291 e. The predicted octanol–water partition coefficient (Wildman–Crippen LogP) is 2.11. The summed E-state index contributed by atoms with van der Waals surface area (Å²) >= 11 is 0. The molecule has 0 aliphatic carbocycles. The van der Waals surface area contributed by atoms with E-state index in [4.69, 9.17) is 0 Å². The molecule has 0 spiro atoms. The predicted molar refractivity (Wildman–Crippen MR) is 53.4 cm³/mol. The maximum atomic E-state index is 4.54. The van der Waals surface area contributed by atoms with E-state index in [-0.39, 0.29) is 0 Å². The summed E-state index contributed by atoms with van der Waals surface area (Å²) in [5.74, 6) is 0. The molecule has 0 fully saturated rings. The number of hydrogen-bond donors (Lipinski definition) is 0. The van der Waals surface area contributed by atoms with Crippen LogP contribution in [0, 0.1) is 6.92 Å². The molecule has 70 valence electrons. The van der Waals surface area contributed by atoms with Gasteiger partial charge >= 0.3 is 0 Å². The second kappa shape index (κ2) is 3.11. The minimum Gasteiger partial charge on any atom is -0.291 e. The highest BCUT2D eigenvalue weighted by Crippen LogP contribution is 2.22. The van der Waals surface area contributed by atoms with Gasteiger partial charge in [-0.25, -0.2) is 0 Å². The highest BCUT2D eigenvalue weighted by molar-refractivity contribution is 5.26. The van der Waals surface area contributed by atoms with Gasteiger partial charge in [0.15, 0.2) is 0 Å². The molecule has 0 saturated carbocycles. The van der Waals surface area contributed by atoms with Gasteiger partial charge in [-0.1, -0.05) is 6.07 Å². The summed E-state index contributed by atoms with van der Waals surface area (Å²) in [6.45, 7) is 8.62. The van der Waals surface area contributed by atoms with Gasteiger partial charge in [-0.15, -0.1) is 0 Å². The lowest BCUT2D eigenvalue weighted by Gasteiger charge is -2.18. The zero-order chi connectivity index (χ0) is 9.42. The van der Waals surface area contributed by atoms with Crippen LogP contribution in [0.3, 0.4) is 0 Å². The number of aromatic nitrogens is 1. The van der Waals surface area contributed by atoms with Gasteiger partial charge in [-0.05, 0) is 32.4 Å². The summed E-state index contributed by atoms with van der Waals surface area (Å²) in [6.07, 6.45) is 0. The molecule has 0 N–H and O–H groups in total. The topological polar surface area (TPSA) is 16.1 Å². The van der Waals surface area contributed by atoms with Crippen molar-refractivity contribution in [3.05, 3.63) is 29.1 Å². The van der Waals surface area contributed by atoms with Gasteiger partial charge in [0.05, 0.1) is 5.69 Å². The highest BCUT2D eigenvalue weighted by atomic mass is 15.2. The van der Waals surface area contributed by atoms with E-state index in [1.807, 2.05) is 0 Å². The molecule has 2 rings (SSSR count). The van der Waals surface area contributed by atoms with Crippen LogP contribution in [0.2, 0.25) is 0 Å². The van der Waals surface area contributed by atoms with Crippen molar-refractivity contribution in [1.29, 1.82) is 0 Å². The number of pyridine rings is 1. The Morgan fingerprint density at radius 1 is 1.31 bits per heavy atom. The summed E-state index contributed by atoms with van der Waals surface area (Å²) in [6, 6.07) is 4.93. The third-order valence-electron chi connectivity index (χ3n) is 2.66. The monoisotopic (exact) mass is 176 g/mol. The maximum Gasteiger partial charge on any atom is 0.0592 e. The minimum atomic E-state index is 0.620. The third kappa shape index (κ3) is 1.59. The number of fused-ring (bicyclic) bond motifs is 1. The molecule has 2 heterocycles. The Morgan fingerprint density at radius 2 is 2.08 bits per heavy atom. The summed E-state index contributed by atoms with van der Waals surface area (Å²) in [5, 5.41) is 0. The summed E-state index contributed by atoms with van der Waals surface area (Å²) < 4.78 is 0. The van der Waals surface area contributed by atoms with E-state index in [1.54, 1.807) is 0 Å². The van der Waals surface area contributed by atoms with Gasteiger partial charge < -0.3 is 0 Å². The molecule has 0 aromatic carbocycles. The molecule has 0 saturated heterocycles. The molecule has 13 heavy (non-hydrogen) atoms. The zero-order valence-electron chi connectivity index (χ0n) is 8.54. The number of aryl methyl sites for hydroxylation is 1. The van der Waals surface area contributed by atoms with E-state index in [0.717, 1.165) is 18.8 Å². The lowest BCUT2D eigenvalue weighted by atomic mass is 10.2. The first kappa shape index (κ1) is 8.70. The van der Waals surface area contributed by atoms with Crippen LogP contribution < -0.4 is 0 Å². The van der Waals surface area contributed by atoms with Crippen molar-refractivity contribution in [2.45, 2.75) is 39.9 Å². The van der Waals surface area contributed by atoms with Gasteiger partial charge in [0.1, 0.15) is 0 Å². The molecular weight excluding hydrogens is 160 g/mol. The average Bonchev–Trinajstić information content (AvgIpc) is 2.46. The van der Waals surface area contributed by atoms with Crippen LogP contribution in [0.15, 0.2) is 12.1 Å². The van der Waals surface area contributed by atoms with E-state index in [2.05, 4.69) is 42.8 Å². The smallest absolute Gasteiger partial charge is 0.0592 e. The van der Waals surface area contributed by atoms with Gasteiger partial charge in [-0.3, -0.25) is 9.88 Å². The van der Waals surface area contributed by atoms with Crippen molar-refractivity contribution in [2.75, 3.05) is 0 Å². The fraction of sp³-hybridized carbons (Fsp3) is 0.545. The van der Waals surface area contributed by atoms with Crippen LogP contribution in [0.4, 0.5) is 0 Å². The summed E-state index contributed by atoms with van der Waals surface area (Å²) in [7, 11) is 0. The van der Waals surface area contributed by atoms with Crippen LogP contribution in [-0.4, -0.2) is 15.9 Å². The Morgan fingerprint density at radius 3 is 2.77 bits per heavy atom. The molecule has 0 amide bonds. The first-order valence-corrected chi connectivity index (χ1v) is 4.86. The lowest BCUT2D eigenvalue weighted by Crippen LogP contribution is -2.24. The quantitative estimate of drug-likeness (QED) is 0.651. The Bertz CT molecular complexity index is 318. The van der Waals surface area contributed by atoms with Crippen molar-refractivity contribution < 1.29 is 0 Å². The SMILES string of the molecule is Cc1ccc2c(n1)CN(C(C)C)C2. The minimum absolute atomic E-state index is 0.620. The molecule has 0 unspecified atom stereocenters. The first-order chi connectivity index (χ1) is 6.16. The van der Waals surface area contributed by atoms with Crippen LogP contribution in [-0.2, 0) is 13.1 Å². The Hall–Kier alpha value is -0.890. The van der Waals surface area contributed by atoms with Crippen molar-refractivity contribution in [3.8, 4) is 0 Å². The lowest BCUT2D eigenvalue weighted by molar-refractivity contribution is 0.226. The van der Waals surface area contributed by atoms with Crippen LogP contribution in [0.25, 0.3) is 0 Å². The Labute approximate surface area is 79.6 Å². The van der Waals surface area contributed by atoms with Gasteiger partial charge in [0, 0.05) is 24.8 Å². The van der Waals surface area contributed by atoms with E-state index in [0.29, 0.717) is 6.04 Å². The van der Waals surface area contributed by atoms with Crippen molar-refractivity contribution >= 4 is 0 Å². The summed E-state index contributed by atoms with van der Waals surface area (Å²) in [4.78, 5) is 6.99.